The van der Waals surface area contributed by atoms with Gasteiger partial charge in [-0.2, -0.15) is 4.98 Å². The summed E-state index contributed by atoms with van der Waals surface area (Å²) >= 11 is 0. The van der Waals surface area contributed by atoms with E-state index in [1.165, 1.54) is 11.1 Å². The lowest BCUT2D eigenvalue weighted by molar-refractivity contribution is -0.395. The van der Waals surface area contributed by atoms with Crippen molar-refractivity contribution in [3.63, 3.8) is 0 Å². The monoisotopic (exact) mass is 421 g/mol. The van der Waals surface area contributed by atoms with Gasteiger partial charge in [-0.25, -0.2) is 4.58 Å². The Morgan fingerprint density at radius 3 is 2.90 bits per heavy atom. The van der Waals surface area contributed by atoms with Gasteiger partial charge in [-0.15, -0.1) is 0 Å². The fourth-order valence-corrected chi connectivity index (χ4v) is 4.07. The number of hydrogen-bond acceptors (Lipinski definition) is 6. The zero-order valence-electron chi connectivity index (χ0n) is 18.3. The Labute approximate surface area is 182 Å². The van der Waals surface area contributed by atoms with E-state index in [1.807, 2.05) is 51.2 Å². The van der Waals surface area contributed by atoms with Gasteiger partial charge in [-0.05, 0) is 49.9 Å². The van der Waals surface area contributed by atoms with Crippen LogP contribution in [0.25, 0.3) is 22.8 Å². The second-order valence-electron chi connectivity index (χ2n) is 8.11. The van der Waals surface area contributed by atoms with E-state index in [2.05, 4.69) is 28.2 Å². The van der Waals surface area contributed by atoms with Gasteiger partial charge in [0.25, 0.3) is 5.89 Å². The molecule has 3 aromatic rings. The van der Waals surface area contributed by atoms with Crippen LogP contribution in [-0.4, -0.2) is 52.8 Å². The molecular formula is C24H29N4O3+. The standard InChI is InChI=1S/C24H29N4O3/c1-15(2)30-22-11-8-16(14-21(22)28(3)4)24-26-23(27-31-24)19-7-5-6-18-17(19)9-10-20(18)25-12-13-29/h5-8,11,14-15,20,25,29H,3,9-10,12-13H2,1-2,4H3/q+1. The number of aromatic nitrogens is 2. The molecule has 0 saturated carbocycles. The summed E-state index contributed by atoms with van der Waals surface area (Å²) in [5.41, 5.74) is 5.15. The Balaban J connectivity index is 1.65. The second-order valence-corrected chi connectivity index (χ2v) is 8.11. The van der Waals surface area contributed by atoms with Crippen molar-refractivity contribution in [1.29, 1.82) is 0 Å². The highest BCUT2D eigenvalue weighted by atomic mass is 16.5. The lowest BCUT2D eigenvalue weighted by atomic mass is 10.0. The molecule has 0 spiro atoms. The number of aliphatic hydroxyl groups is 1. The second kappa shape index (κ2) is 8.99. The minimum atomic E-state index is 0.0652. The van der Waals surface area contributed by atoms with Crippen molar-refractivity contribution in [2.75, 3.05) is 20.2 Å². The third-order valence-electron chi connectivity index (χ3n) is 5.42. The summed E-state index contributed by atoms with van der Waals surface area (Å²) in [6, 6.07) is 12.2. The normalized spacial score (nSPS) is 15.3. The number of benzene rings is 2. The predicted octanol–water partition coefficient (Wildman–Crippen LogP) is 3.73. The molecule has 0 saturated heterocycles. The molecule has 4 rings (SSSR count). The fourth-order valence-electron chi connectivity index (χ4n) is 4.07. The minimum absolute atomic E-state index is 0.0652. The first-order chi connectivity index (χ1) is 15.0. The lowest BCUT2D eigenvalue weighted by Crippen LogP contribution is -2.22. The molecule has 31 heavy (non-hydrogen) atoms. The topological polar surface area (TPSA) is 83.4 Å². The van der Waals surface area contributed by atoms with Gasteiger partial charge in [-0.3, -0.25) is 0 Å². The number of ether oxygens (including phenoxy) is 1. The van der Waals surface area contributed by atoms with Crippen LogP contribution in [0.3, 0.4) is 0 Å². The fraction of sp³-hybridized carbons (Fsp3) is 0.375. The number of aliphatic hydroxyl groups excluding tert-OH is 1. The van der Waals surface area contributed by atoms with Crippen LogP contribution in [0.4, 0.5) is 5.69 Å². The summed E-state index contributed by atoms with van der Waals surface area (Å²) in [6.07, 6.45) is 2.00. The van der Waals surface area contributed by atoms with E-state index in [-0.39, 0.29) is 18.8 Å². The highest BCUT2D eigenvalue weighted by Gasteiger charge is 2.26. The van der Waals surface area contributed by atoms with E-state index >= 15 is 0 Å². The van der Waals surface area contributed by atoms with Crippen molar-refractivity contribution in [2.45, 2.75) is 38.8 Å². The number of nitrogens with zero attached hydrogens (tertiary/aromatic N) is 3. The number of fused-ring (bicyclic) bond motifs is 1. The molecule has 1 aromatic heterocycles. The smallest absolute Gasteiger partial charge is 0.258 e. The SMILES string of the molecule is C=[N+](C)c1cc(-c2nc(-c3cccc4c3CCC4NCCO)no2)ccc1OC(C)C. The molecule has 1 atom stereocenters. The first kappa shape index (κ1) is 21.2. The van der Waals surface area contributed by atoms with Gasteiger partial charge in [0.2, 0.25) is 11.5 Å². The van der Waals surface area contributed by atoms with Crippen LogP contribution < -0.4 is 10.1 Å². The van der Waals surface area contributed by atoms with Crippen LogP contribution in [0.15, 0.2) is 40.9 Å². The van der Waals surface area contributed by atoms with Crippen molar-refractivity contribution in [3.05, 3.63) is 47.5 Å². The van der Waals surface area contributed by atoms with Crippen LogP contribution in [0.2, 0.25) is 0 Å². The zero-order valence-corrected chi connectivity index (χ0v) is 18.3. The molecule has 0 fully saturated rings. The molecule has 1 aliphatic carbocycles. The largest absolute Gasteiger partial charge is 0.484 e. The van der Waals surface area contributed by atoms with Crippen molar-refractivity contribution in [2.24, 2.45) is 0 Å². The summed E-state index contributed by atoms with van der Waals surface area (Å²) in [5.74, 6) is 1.81. The summed E-state index contributed by atoms with van der Waals surface area (Å²) in [6.45, 7) is 8.70. The van der Waals surface area contributed by atoms with E-state index in [0.29, 0.717) is 18.3 Å². The lowest BCUT2D eigenvalue weighted by Gasteiger charge is -2.13. The summed E-state index contributed by atoms with van der Waals surface area (Å²) < 4.78 is 13.3. The third kappa shape index (κ3) is 4.38. The molecule has 0 bridgehead atoms. The number of rotatable bonds is 8. The van der Waals surface area contributed by atoms with E-state index < -0.39 is 0 Å². The van der Waals surface area contributed by atoms with Gasteiger partial charge in [0, 0.05) is 29.8 Å². The molecule has 1 unspecified atom stereocenters. The Morgan fingerprint density at radius 2 is 2.16 bits per heavy atom. The molecule has 162 valence electrons. The zero-order chi connectivity index (χ0) is 22.0. The maximum atomic E-state index is 9.12. The third-order valence-corrected chi connectivity index (χ3v) is 5.42. The van der Waals surface area contributed by atoms with Gasteiger partial charge in [-0.1, -0.05) is 23.4 Å². The highest BCUT2D eigenvalue weighted by molar-refractivity contribution is 5.68. The molecule has 0 amide bonds. The Kier molecular flexibility index (Phi) is 6.15. The molecular weight excluding hydrogens is 392 g/mol. The minimum Gasteiger partial charge on any atom is -0.484 e. The Hall–Kier alpha value is -3.03. The van der Waals surface area contributed by atoms with Crippen LogP contribution in [0.1, 0.15) is 37.4 Å². The van der Waals surface area contributed by atoms with Crippen molar-refractivity contribution >= 4 is 12.4 Å². The quantitative estimate of drug-likeness (QED) is 0.426. The summed E-state index contributed by atoms with van der Waals surface area (Å²) in [4.78, 5) is 4.69. The predicted molar refractivity (Wildman–Crippen MR) is 120 cm³/mol. The van der Waals surface area contributed by atoms with E-state index in [9.17, 15) is 0 Å². The van der Waals surface area contributed by atoms with Crippen molar-refractivity contribution < 1.29 is 18.9 Å². The van der Waals surface area contributed by atoms with E-state index in [0.717, 1.165) is 35.4 Å². The maximum Gasteiger partial charge on any atom is 0.258 e. The van der Waals surface area contributed by atoms with Gasteiger partial charge in [0.15, 0.2) is 5.75 Å². The Bertz CT molecular complexity index is 1090. The molecule has 2 aromatic carbocycles. The molecule has 0 aliphatic heterocycles. The van der Waals surface area contributed by atoms with E-state index in [4.69, 9.17) is 14.4 Å². The first-order valence-corrected chi connectivity index (χ1v) is 10.6. The average Bonchev–Trinajstić information content (AvgIpc) is 3.39. The molecule has 7 nitrogen and oxygen atoms in total. The van der Waals surface area contributed by atoms with E-state index in [1.54, 1.807) is 4.58 Å². The van der Waals surface area contributed by atoms with Gasteiger partial charge in [0.05, 0.1) is 12.7 Å². The maximum absolute atomic E-state index is 9.12. The Morgan fingerprint density at radius 1 is 1.32 bits per heavy atom. The number of hydrogen-bond donors (Lipinski definition) is 2. The molecule has 2 N–H and O–H groups in total. The van der Waals surface area contributed by atoms with Crippen LogP contribution in [0, 0.1) is 0 Å². The summed E-state index contributed by atoms with van der Waals surface area (Å²) in [5, 5.41) is 16.8. The average molecular weight is 422 g/mol. The van der Waals surface area contributed by atoms with Crippen LogP contribution in [-0.2, 0) is 6.42 Å². The van der Waals surface area contributed by atoms with Crippen LogP contribution in [0.5, 0.6) is 5.75 Å². The molecule has 0 radical (unpaired) electrons. The van der Waals surface area contributed by atoms with Gasteiger partial charge in [0.1, 0.15) is 13.8 Å². The molecule has 1 heterocycles. The van der Waals surface area contributed by atoms with Gasteiger partial charge < -0.3 is 19.7 Å². The summed E-state index contributed by atoms with van der Waals surface area (Å²) in [7, 11) is 1.88. The number of nitrogens with one attached hydrogen (secondary N) is 1. The molecule has 7 heteroatoms. The van der Waals surface area contributed by atoms with Crippen molar-refractivity contribution in [1.82, 2.24) is 15.5 Å². The van der Waals surface area contributed by atoms with Gasteiger partial charge >= 0.3 is 0 Å². The highest BCUT2D eigenvalue weighted by Crippen LogP contribution is 2.38. The van der Waals surface area contributed by atoms with Crippen molar-refractivity contribution in [3.8, 4) is 28.6 Å². The first-order valence-electron chi connectivity index (χ1n) is 10.6. The van der Waals surface area contributed by atoms with Crippen LogP contribution >= 0.6 is 0 Å². The molecule has 1 aliphatic rings.